The molecule has 7 rings (SSSR count). The highest BCUT2D eigenvalue weighted by atomic mass is 16.6. The van der Waals surface area contributed by atoms with Crippen molar-refractivity contribution in [2.24, 2.45) is 5.92 Å². The van der Waals surface area contributed by atoms with Gasteiger partial charge in [0, 0.05) is 18.2 Å². The Labute approximate surface area is 205 Å². The number of nitrogens with zero attached hydrogens (tertiary/aromatic N) is 1. The molecule has 2 aromatic rings. The van der Waals surface area contributed by atoms with Gasteiger partial charge in [-0.1, -0.05) is 42.8 Å². The van der Waals surface area contributed by atoms with Crippen LogP contribution in [0.4, 0.5) is 0 Å². The minimum Gasteiger partial charge on any atom is -0.504 e. The molecule has 0 unspecified atom stereocenters. The maximum absolute atomic E-state index is 12.9. The number of carbonyl (C=O) groups is 1. The lowest BCUT2D eigenvalue weighted by atomic mass is 9.48. The molecule has 3 fully saturated rings. The fraction of sp³-hybridized carbons (Fsp3) is 0.552. The van der Waals surface area contributed by atoms with Crippen LogP contribution in [-0.2, 0) is 27.8 Å². The van der Waals surface area contributed by atoms with E-state index in [0.717, 1.165) is 48.5 Å². The van der Waals surface area contributed by atoms with Gasteiger partial charge in [0.15, 0.2) is 11.5 Å². The van der Waals surface area contributed by atoms with Crippen LogP contribution in [0.3, 0.4) is 0 Å². The van der Waals surface area contributed by atoms with E-state index >= 15 is 0 Å². The molecule has 0 radical (unpaired) electrons. The predicted molar refractivity (Wildman–Crippen MR) is 129 cm³/mol. The lowest BCUT2D eigenvalue weighted by Crippen LogP contribution is -2.77. The maximum atomic E-state index is 12.9. The number of carbonyl (C=O) groups excluding carboxylic acids is 1. The summed E-state index contributed by atoms with van der Waals surface area (Å²) in [5, 5.41) is 23.3. The maximum Gasteiger partial charge on any atom is 0.310 e. The Morgan fingerprint density at radius 2 is 1.94 bits per heavy atom. The first-order chi connectivity index (χ1) is 17.0. The molecule has 5 aliphatic rings. The van der Waals surface area contributed by atoms with Crippen LogP contribution in [0.5, 0.6) is 11.5 Å². The molecule has 0 amide bonds. The van der Waals surface area contributed by atoms with E-state index in [0.29, 0.717) is 18.6 Å². The van der Waals surface area contributed by atoms with Gasteiger partial charge >= 0.3 is 5.97 Å². The normalized spacial score (nSPS) is 35.1. The smallest absolute Gasteiger partial charge is 0.310 e. The molecule has 6 heteroatoms. The largest absolute Gasteiger partial charge is 0.504 e. The molecule has 1 spiro atoms. The Balaban J connectivity index is 1.24. The fourth-order valence-electron chi connectivity index (χ4n) is 7.90. The zero-order chi connectivity index (χ0) is 23.8. The molecule has 2 aliphatic heterocycles. The Hall–Kier alpha value is -2.57. The predicted octanol–water partition coefficient (Wildman–Crippen LogP) is 3.50. The molecule has 2 aromatic carbocycles. The van der Waals surface area contributed by atoms with Crippen molar-refractivity contribution < 1.29 is 24.5 Å². The molecule has 6 nitrogen and oxygen atoms in total. The van der Waals surface area contributed by atoms with E-state index in [1.54, 1.807) is 6.07 Å². The van der Waals surface area contributed by atoms with Gasteiger partial charge in [0.05, 0.1) is 17.4 Å². The Kier molecular flexibility index (Phi) is 4.78. The summed E-state index contributed by atoms with van der Waals surface area (Å²) in [5.41, 5.74) is 1.41. The molecule has 5 atom stereocenters. The summed E-state index contributed by atoms with van der Waals surface area (Å²) >= 11 is 0. The highest BCUT2D eigenvalue weighted by Crippen LogP contribution is 2.65. The number of phenolic OH excluding ortho intramolecular Hbond substituents is 1. The van der Waals surface area contributed by atoms with Gasteiger partial charge in [-0.3, -0.25) is 9.69 Å². The number of esters is 1. The van der Waals surface area contributed by atoms with E-state index in [1.165, 1.54) is 19.3 Å². The molecule has 2 saturated carbocycles. The average molecular weight is 476 g/mol. The number of aromatic hydroxyl groups is 1. The molecule has 2 heterocycles. The van der Waals surface area contributed by atoms with Crippen molar-refractivity contribution in [2.75, 3.05) is 13.1 Å². The summed E-state index contributed by atoms with van der Waals surface area (Å²) in [5.74, 6) is 1.06. The number of ether oxygens (including phenoxy) is 2. The van der Waals surface area contributed by atoms with Crippen LogP contribution in [0.1, 0.15) is 55.2 Å². The highest BCUT2D eigenvalue weighted by Gasteiger charge is 2.73. The van der Waals surface area contributed by atoms with E-state index in [-0.39, 0.29) is 24.2 Å². The van der Waals surface area contributed by atoms with E-state index in [4.69, 9.17) is 9.47 Å². The van der Waals surface area contributed by atoms with E-state index in [9.17, 15) is 15.0 Å². The number of rotatable bonds is 5. The van der Waals surface area contributed by atoms with Crippen molar-refractivity contribution in [1.29, 1.82) is 0 Å². The van der Waals surface area contributed by atoms with Crippen molar-refractivity contribution in [2.45, 2.75) is 80.6 Å². The van der Waals surface area contributed by atoms with Crippen molar-refractivity contribution in [1.82, 2.24) is 4.90 Å². The summed E-state index contributed by atoms with van der Waals surface area (Å²) in [6.45, 7) is 1.94. The zero-order valence-electron chi connectivity index (χ0n) is 20.0. The Morgan fingerprint density at radius 3 is 2.71 bits per heavy atom. The van der Waals surface area contributed by atoms with Gasteiger partial charge in [0.25, 0.3) is 0 Å². The van der Waals surface area contributed by atoms with E-state index in [2.05, 4.69) is 4.90 Å². The van der Waals surface area contributed by atoms with Crippen LogP contribution in [0, 0.1) is 5.92 Å². The zero-order valence-corrected chi connectivity index (χ0v) is 20.0. The molecule has 3 aliphatic carbocycles. The van der Waals surface area contributed by atoms with Gasteiger partial charge in [-0.25, -0.2) is 0 Å². The topological polar surface area (TPSA) is 79.2 Å². The lowest BCUT2D eigenvalue weighted by molar-refractivity contribution is -0.217. The van der Waals surface area contributed by atoms with E-state index in [1.807, 2.05) is 36.4 Å². The summed E-state index contributed by atoms with van der Waals surface area (Å²) < 4.78 is 12.6. The SMILES string of the molecule is O=C(Cc1ccccc1)O[C@H]1CC[C@@]2(O)[C@H]3Cc4ccc(O)c5c4[C@@]2(CCN3CC2CCC2)[C@H]1O5. The quantitative estimate of drug-likeness (QED) is 0.645. The van der Waals surface area contributed by atoms with Gasteiger partial charge in [-0.2, -0.15) is 0 Å². The Morgan fingerprint density at radius 1 is 1.11 bits per heavy atom. The highest BCUT2D eigenvalue weighted by molar-refractivity contribution is 5.73. The third-order valence-corrected chi connectivity index (χ3v) is 9.71. The minimum absolute atomic E-state index is 0.0203. The molecule has 2 bridgehead atoms. The number of aliphatic hydroxyl groups is 1. The third-order valence-electron chi connectivity index (χ3n) is 9.71. The summed E-state index contributed by atoms with van der Waals surface area (Å²) in [7, 11) is 0. The second kappa shape index (κ2) is 7.71. The summed E-state index contributed by atoms with van der Waals surface area (Å²) in [6, 6.07) is 13.4. The van der Waals surface area contributed by atoms with Crippen LogP contribution in [0.15, 0.2) is 42.5 Å². The first-order valence-corrected chi connectivity index (χ1v) is 13.2. The fourth-order valence-corrected chi connectivity index (χ4v) is 7.90. The van der Waals surface area contributed by atoms with Crippen LogP contribution in [0.25, 0.3) is 0 Å². The molecule has 2 N–H and O–H groups in total. The first-order valence-electron chi connectivity index (χ1n) is 13.2. The van der Waals surface area contributed by atoms with Crippen molar-refractivity contribution >= 4 is 5.97 Å². The number of piperidine rings is 1. The molecule has 0 aromatic heterocycles. The number of benzene rings is 2. The van der Waals surface area contributed by atoms with Crippen molar-refractivity contribution in [3.05, 3.63) is 59.2 Å². The number of hydrogen-bond donors (Lipinski definition) is 2. The Bertz CT molecular complexity index is 1160. The monoisotopic (exact) mass is 475 g/mol. The lowest BCUT2D eigenvalue weighted by Gasteiger charge is -2.64. The van der Waals surface area contributed by atoms with Gasteiger partial charge in [0.1, 0.15) is 12.2 Å². The van der Waals surface area contributed by atoms with Crippen LogP contribution in [0.2, 0.25) is 0 Å². The number of likely N-dealkylation sites (tertiary alicyclic amines) is 1. The average Bonchev–Trinajstić information content (AvgIpc) is 3.17. The number of hydrogen-bond acceptors (Lipinski definition) is 6. The molecule has 184 valence electrons. The van der Waals surface area contributed by atoms with Gasteiger partial charge in [0.2, 0.25) is 0 Å². The summed E-state index contributed by atoms with van der Waals surface area (Å²) in [6.07, 6.45) is 5.78. The van der Waals surface area contributed by atoms with Crippen molar-refractivity contribution in [3.8, 4) is 11.5 Å². The van der Waals surface area contributed by atoms with E-state index < -0.39 is 23.2 Å². The third kappa shape index (κ3) is 2.99. The van der Waals surface area contributed by atoms with Crippen LogP contribution < -0.4 is 4.74 Å². The van der Waals surface area contributed by atoms with Crippen LogP contribution >= 0.6 is 0 Å². The number of phenols is 1. The van der Waals surface area contributed by atoms with Gasteiger partial charge in [-0.05, 0) is 68.2 Å². The van der Waals surface area contributed by atoms with Gasteiger partial charge < -0.3 is 19.7 Å². The van der Waals surface area contributed by atoms with Crippen molar-refractivity contribution in [3.63, 3.8) is 0 Å². The molecule has 35 heavy (non-hydrogen) atoms. The first kappa shape index (κ1) is 21.7. The minimum atomic E-state index is -0.964. The summed E-state index contributed by atoms with van der Waals surface area (Å²) in [4.78, 5) is 15.5. The second-order valence-corrected chi connectivity index (χ2v) is 11.4. The van der Waals surface area contributed by atoms with Gasteiger partial charge in [-0.15, -0.1) is 0 Å². The standard InChI is InChI=1S/C29H33NO5/c31-21-10-9-20-16-23-29(33)12-11-22(34-24(32)15-18-5-2-1-3-6-18)27-28(29,25(20)26(21)35-27)13-14-30(23)17-19-7-4-8-19/h1-3,5-6,9-10,19,22-23,27,31,33H,4,7-8,11-17H2/t22-,23+,27-,28-,29+/m0/s1. The van der Waals surface area contributed by atoms with Crippen LogP contribution in [-0.4, -0.2) is 58.0 Å². The molecule has 1 saturated heterocycles. The molecular weight excluding hydrogens is 442 g/mol. The second-order valence-electron chi connectivity index (χ2n) is 11.4. The molecular formula is C29H33NO5.